The van der Waals surface area contributed by atoms with E-state index in [0.29, 0.717) is 85.9 Å². The molecular weight excluding hydrogens is 789 g/mol. The molecule has 3 aromatic rings. The van der Waals surface area contributed by atoms with Gasteiger partial charge in [0.1, 0.15) is 18.8 Å². The second-order valence-electron chi connectivity index (χ2n) is 17.4. The summed E-state index contributed by atoms with van der Waals surface area (Å²) in [6.45, 7) is 21.1. The van der Waals surface area contributed by atoms with E-state index in [1.54, 1.807) is 12.2 Å². The van der Waals surface area contributed by atoms with Crippen molar-refractivity contribution in [2.45, 2.75) is 120 Å². The number of nitrogens with zero attached hydrogens (tertiary/aromatic N) is 4. The van der Waals surface area contributed by atoms with Gasteiger partial charge in [-0.3, -0.25) is 19.2 Å². The van der Waals surface area contributed by atoms with Crippen LogP contribution in [0.3, 0.4) is 0 Å². The number of hydrogen-bond acceptors (Lipinski definition) is 6. The zero-order valence-corrected chi connectivity index (χ0v) is 39.7. The van der Waals surface area contributed by atoms with Crippen LogP contribution in [0.15, 0.2) is 29.6 Å². The molecule has 5 heterocycles. The number of aromatic nitrogens is 3. The summed E-state index contributed by atoms with van der Waals surface area (Å²) in [5.41, 5.74) is 8.85. The number of hydrogen-bond donors (Lipinski definition) is 0. The van der Waals surface area contributed by atoms with E-state index in [4.69, 9.17) is 29.7 Å². The number of ether oxygens (including phenoxy) is 2. The van der Waals surface area contributed by atoms with Gasteiger partial charge in [0, 0.05) is 17.5 Å². The molecular formula is C51H62MgN4O6-2. The second kappa shape index (κ2) is 21.2. The summed E-state index contributed by atoms with van der Waals surface area (Å²) in [5, 5.41) is 6.24. The molecule has 0 N–H and O–H groups in total. The first-order valence-corrected chi connectivity index (χ1v) is 22.2. The quantitative estimate of drug-likeness (QED) is 0.0405. The van der Waals surface area contributed by atoms with Crippen molar-refractivity contribution in [3.8, 4) is 0 Å². The number of fused-ring (bicyclic) bond motifs is 7. The average Bonchev–Trinajstić information content (AvgIpc) is 3.99. The number of ketones is 1. The summed E-state index contributed by atoms with van der Waals surface area (Å²) in [4.78, 5) is 68.7. The van der Waals surface area contributed by atoms with Crippen LogP contribution in [-0.2, 0) is 25.5 Å². The van der Waals surface area contributed by atoms with Gasteiger partial charge >= 0.3 is 35.0 Å². The molecule has 1 aliphatic carbocycles. The molecule has 0 amide bonds. The Morgan fingerprint density at radius 1 is 0.903 bits per heavy atom. The van der Waals surface area contributed by atoms with Crippen molar-refractivity contribution in [3.05, 3.63) is 102 Å². The third-order valence-corrected chi connectivity index (χ3v) is 13.3. The third-order valence-electron chi connectivity index (χ3n) is 13.3. The van der Waals surface area contributed by atoms with E-state index in [9.17, 15) is 19.2 Å². The Hall–Kier alpha value is -4.61. The largest absolute Gasteiger partial charge is 2.00 e. The predicted molar refractivity (Wildman–Crippen MR) is 247 cm³/mol. The molecule has 0 saturated carbocycles. The number of methoxy groups -OCH3 is 1. The Labute approximate surface area is 383 Å². The van der Waals surface area contributed by atoms with Gasteiger partial charge in [-0.1, -0.05) is 125 Å². The fourth-order valence-corrected chi connectivity index (χ4v) is 9.21. The van der Waals surface area contributed by atoms with Gasteiger partial charge in [0.05, 0.1) is 7.11 Å². The third kappa shape index (κ3) is 9.94. The SMILES string of the molecule is C=Cc1c2[n-]c(c1C)/C=C1\[N-]/C(=C3\c4[n-]c(c(C)c4C(=O)[C@@H]3C(=O)OC)/C=c3\[n-]/c(c(C=O)c3CC)=C\2)[C@@H](CCC(=O)OC/C=C(\C)CCC[C@@H](C)CCC[C@H](C)CC)[C@@H]1C.[Mg+2]. The first-order valence-electron chi connectivity index (χ1n) is 22.2. The van der Waals surface area contributed by atoms with E-state index >= 15 is 0 Å². The second-order valence-corrected chi connectivity index (χ2v) is 17.4. The minimum atomic E-state index is -1.27. The van der Waals surface area contributed by atoms with Crippen LogP contribution in [0.5, 0.6) is 0 Å². The Balaban J connectivity index is 0.00000726. The molecule has 2 aliphatic heterocycles. The van der Waals surface area contributed by atoms with Gasteiger partial charge in [0.15, 0.2) is 5.78 Å². The van der Waals surface area contributed by atoms with Crippen LogP contribution in [0, 0.1) is 43.4 Å². The minimum absolute atomic E-state index is 0. The molecule has 0 aromatic carbocycles. The van der Waals surface area contributed by atoms with Crippen LogP contribution >= 0.6 is 0 Å². The van der Waals surface area contributed by atoms with Crippen LogP contribution in [0.2, 0.25) is 0 Å². The minimum Gasteiger partial charge on any atom is -0.664 e. The van der Waals surface area contributed by atoms with Crippen molar-refractivity contribution in [3.63, 3.8) is 0 Å². The number of esters is 2. The van der Waals surface area contributed by atoms with Crippen LogP contribution in [0.25, 0.3) is 35.2 Å². The van der Waals surface area contributed by atoms with E-state index < -0.39 is 17.7 Å². The van der Waals surface area contributed by atoms with E-state index in [1.165, 1.54) is 44.8 Å². The summed E-state index contributed by atoms with van der Waals surface area (Å²) < 4.78 is 11.0. The fraction of sp³-hybridized carbons (Fsp3) is 0.490. The van der Waals surface area contributed by atoms with Crippen molar-refractivity contribution in [2.24, 2.45) is 29.6 Å². The summed E-state index contributed by atoms with van der Waals surface area (Å²) in [7, 11) is 1.27. The van der Waals surface area contributed by atoms with Crippen molar-refractivity contribution >= 4 is 76.9 Å². The normalized spacial score (nSPS) is 22.0. The monoisotopic (exact) mass is 850 g/mol. The van der Waals surface area contributed by atoms with Gasteiger partial charge in [-0.05, 0) is 81.8 Å². The summed E-state index contributed by atoms with van der Waals surface area (Å²) in [6, 6.07) is 0. The van der Waals surface area contributed by atoms with Gasteiger partial charge in [-0.15, -0.1) is 33.5 Å². The molecule has 10 nitrogen and oxygen atoms in total. The van der Waals surface area contributed by atoms with Crippen LogP contribution < -0.4 is 25.7 Å². The molecule has 0 spiro atoms. The average molecular weight is 851 g/mol. The van der Waals surface area contributed by atoms with Crippen molar-refractivity contribution in [2.75, 3.05) is 13.7 Å². The first-order chi connectivity index (χ1) is 29.3. The smallest absolute Gasteiger partial charge is 0.664 e. The zero-order valence-electron chi connectivity index (χ0n) is 38.3. The number of carbonyl (C=O) groups excluding carboxylic acids is 4. The molecule has 11 heteroatoms. The molecule has 1 fully saturated rings. The van der Waals surface area contributed by atoms with Gasteiger partial charge < -0.3 is 29.7 Å². The number of Topliss-reactive ketones (excluding diaryl/α,β-unsaturated/α-hetero) is 1. The van der Waals surface area contributed by atoms with Crippen LogP contribution in [-0.4, -0.2) is 60.8 Å². The van der Waals surface area contributed by atoms with E-state index in [2.05, 4.69) is 34.3 Å². The Morgan fingerprint density at radius 3 is 2.27 bits per heavy atom. The van der Waals surface area contributed by atoms with Crippen molar-refractivity contribution in [1.82, 2.24) is 15.0 Å². The van der Waals surface area contributed by atoms with Crippen LogP contribution in [0.4, 0.5) is 0 Å². The summed E-state index contributed by atoms with van der Waals surface area (Å²) >= 11 is 0. The van der Waals surface area contributed by atoms with Crippen LogP contribution in [0.1, 0.15) is 165 Å². The topological polar surface area (TPSA) is 143 Å². The van der Waals surface area contributed by atoms with Gasteiger partial charge in [0.25, 0.3) is 0 Å². The molecule has 6 rings (SSSR count). The Bertz CT molecular complexity index is 2420. The summed E-state index contributed by atoms with van der Waals surface area (Å²) in [6.07, 6.45) is 19.5. The molecule has 62 heavy (non-hydrogen) atoms. The molecule has 3 aliphatic rings. The van der Waals surface area contributed by atoms with Gasteiger partial charge in [-0.2, -0.15) is 11.4 Å². The maximum absolute atomic E-state index is 14.3. The Morgan fingerprint density at radius 2 is 1.60 bits per heavy atom. The maximum Gasteiger partial charge on any atom is 2.00 e. The standard InChI is InChI=1S/C51H63N4O6.Mg/c1-11-28(4)16-14-17-29(5)18-15-19-30(6)22-23-61-44(57)21-20-36-32(8)39-24-38-31(7)34(12-2)41(52-38)26-43-37(27-56)35(13-3)42(53-43)25-40-33(9)45-49(55-40)46(48(36)54-39)47(50(45)58)51(59)60-10;/h12,22,24-29,32,36,47H,2,11,13-21,23H2,1,3-10H3,(H-,54,55,56,58);/q-3;+2/p-1/b30-22+,39-24-,43-26-;/t28-,29+,32+,36+,47-;/m1./s1. The molecule has 1 saturated heterocycles. The first kappa shape index (κ1) is 48.4. The van der Waals surface area contributed by atoms with E-state index in [1.807, 2.05) is 45.9 Å². The number of aldehydes is 1. The molecule has 5 atom stereocenters. The van der Waals surface area contributed by atoms with E-state index in [-0.39, 0.29) is 53.9 Å². The molecule has 326 valence electrons. The molecule has 3 aromatic heterocycles. The van der Waals surface area contributed by atoms with Gasteiger partial charge in [0.2, 0.25) is 0 Å². The predicted octanol–water partition coefficient (Wildman–Crippen LogP) is 8.45. The van der Waals surface area contributed by atoms with Gasteiger partial charge in [-0.25, -0.2) is 0 Å². The number of allylic oxidation sites excluding steroid dienone is 3. The summed E-state index contributed by atoms with van der Waals surface area (Å²) in [5.74, 6) is -1.77. The molecule has 8 bridgehead atoms. The Kier molecular flexibility index (Phi) is 16.5. The number of carbonyl (C=O) groups is 4. The van der Waals surface area contributed by atoms with Crippen molar-refractivity contribution in [1.29, 1.82) is 0 Å². The van der Waals surface area contributed by atoms with Crippen molar-refractivity contribution < 1.29 is 28.7 Å². The zero-order chi connectivity index (χ0) is 44.1. The maximum atomic E-state index is 14.3. The number of rotatable bonds is 18. The molecule has 0 radical (unpaired) electrons. The fourth-order valence-electron chi connectivity index (χ4n) is 9.21. The van der Waals surface area contributed by atoms with E-state index in [0.717, 1.165) is 41.7 Å². The molecule has 0 unspecified atom stereocenters.